The molecule has 0 saturated heterocycles. The number of Topliss-reactive ketones (excluding diaryl/α,β-unsaturated/α-hetero) is 1. The van der Waals surface area contributed by atoms with Crippen LogP contribution in [-0.4, -0.2) is 34.9 Å². The van der Waals surface area contributed by atoms with Crippen molar-refractivity contribution in [2.45, 2.75) is 85.2 Å². The second-order valence-corrected chi connectivity index (χ2v) is 12.6. The molecule has 0 aromatic heterocycles. The van der Waals surface area contributed by atoms with E-state index in [0.29, 0.717) is 29.3 Å². The van der Waals surface area contributed by atoms with Crippen LogP contribution in [-0.2, 0) is 14.4 Å². The number of carbonyl (C=O) groups excluding carboxylic acids is 3. The van der Waals surface area contributed by atoms with Crippen LogP contribution in [0.4, 0.5) is 11.4 Å². The molecule has 0 bridgehead atoms. The van der Waals surface area contributed by atoms with E-state index in [2.05, 4.69) is 17.6 Å². The number of hydrogen-bond acceptors (Lipinski definition) is 5. The van der Waals surface area contributed by atoms with Crippen LogP contribution in [0.15, 0.2) is 60.7 Å². The largest absolute Gasteiger partial charge is 0.494 e. The maximum atomic E-state index is 14.1. The molecule has 3 N–H and O–H groups in total. The summed E-state index contributed by atoms with van der Waals surface area (Å²) >= 11 is 0. The number of aliphatic hydroxyl groups is 1. The van der Waals surface area contributed by atoms with Crippen molar-refractivity contribution in [3.63, 3.8) is 0 Å². The van der Waals surface area contributed by atoms with Crippen LogP contribution in [0.25, 0.3) is 0 Å². The molecular formula is C37H46N2O5. The van der Waals surface area contributed by atoms with Gasteiger partial charge in [0.05, 0.1) is 18.1 Å². The topological polar surface area (TPSA) is 105 Å². The second-order valence-electron chi connectivity index (χ2n) is 12.6. The minimum absolute atomic E-state index is 0.321. The highest BCUT2D eigenvalue weighted by molar-refractivity contribution is 6.10. The van der Waals surface area contributed by atoms with E-state index in [4.69, 9.17) is 4.74 Å². The van der Waals surface area contributed by atoms with Crippen LogP contribution in [0.1, 0.15) is 79.7 Å². The van der Waals surface area contributed by atoms with Crippen molar-refractivity contribution in [2.24, 2.45) is 11.8 Å². The highest BCUT2D eigenvalue weighted by Gasteiger charge is 2.56. The highest BCUT2D eigenvalue weighted by Crippen LogP contribution is 2.47. The first-order chi connectivity index (χ1) is 20.9. The van der Waals surface area contributed by atoms with Gasteiger partial charge in [-0.25, -0.2) is 0 Å². The molecule has 0 spiro atoms. The molecule has 3 aromatic rings. The Morgan fingerprint density at radius 3 is 1.98 bits per heavy atom. The predicted molar refractivity (Wildman–Crippen MR) is 175 cm³/mol. The van der Waals surface area contributed by atoms with Gasteiger partial charge in [-0.1, -0.05) is 62.6 Å². The molecule has 1 saturated carbocycles. The number of hydrogen-bond donors (Lipinski definition) is 3. The van der Waals surface area contributed by atoms with Crippen molar-refractivity contribution in [3.8, 4) is 5.75 Å². The molecule has 7 nitrogen and oxygen atoms in total. The lowest BCUT2D eigenvalue weighted by Crippen LogP contribution is -2.56. The van der Waals surface area contributed by atoms with E-state index >= 15 is 0 Å². The van der Waals surface area contributed by atoms with Gasteiger partial charge < -0.3 is 20.5 Å². The van der Waals surface area contributed by atoms with Gasteiger partial charge in [0.25, 0.3) is 0 Å². The van der Waals surface area contributed by atoms with Crippen LogP contribution < -0.4 is 15.4 Å². The Morgan fingerprint density at radius 2 is 1.41 bits per heavy atom. The Bertz CT molecular complexity index is 1490. The molecular weight excluding hydrogens is 552 g/mol. The first-order valence-corrected chi connectivity index (χ1v) is 15.7. The first kappa shape index (κ1) is 32.9. The predicted octanol–water partition coefficient (Wildman–Crippen LogP) is 7.20. The smallest absolute Gasteiger partial charge is 0.235 e. The standard InChI is InChI=1S/C37H46N2O5/c1-7-8-9-10-19-44-28-17-15-27(16-18-28)32-33(35(41)38-29-20-23(2)11-13-25(29)4)31(40)22-37(6,43)34(32)36(42)39-30-21-24(3)12-14-26(30)5/h11-18,20-21,32-34,43H,7-10,19,22H2,1-6H3,(H,38,41)(H,39,42). The average molecular weight is 599 g/mol. The number of ether oxygens (including phenoxy) is 1. The SMILES string of the molecule is CCCCCCOc1ccc(C2C(C(=O)Nc3cc(C)ccc3C)C(=O)CC(C)(O)C2C(=O)Nc2cc(C)ccc2C)cc1. The van der Waals surface area contributed by atoms with Gasteiger partial charge >= 0.3 is 0 Å². The van der Waals surface area contributed by atoms with E-state index in [1.165, 1.54) is 6.92 Å². The fourth-order valence-corrected chi connectivity index (χ4v) is 6.16. The lowest BCUT2D eigenvalue weighted by molar-refractivity contribution is -0.150. The number of nitrogens with one attached hydrogen (secondary N) is 2. The fraction of sp³-hybridized carbons (Fsp3) is 0.432. The lowest BCUT2D eigenvalue weighted by Gasteiger charge is -2.44. The molecule has 0 aliphatic heterocycles. The van der Waals surface area contributed by atoms with E-state index in [1.54, 1.807) is 12.1 Å². The minimum Gasteiger partial charge on any atom is -0.494 e. The van der Waals surface area contributed by atoms with Gasteiger partial charge in [0, 0.05) is 23.7 Å². The molecule has 1 aliphatic carbocycles. The van der Waals surface area contributed by atoms with E-state index in [1.807, 2.05) is 76.2 Å². The zero-order valence-corrected chi connectivity index (χ0v) is 26.8. The normalized spacial score (nSPS) is 21.5. The molecule has 4 rings (SSSR count). The number of aryl methyl sites for hydroxylation is 4. The van der Waals surface area contributed by atoms with Crippen LogP contribution in [0.5, 0.6) is 5.75 Å². The number of carbonyl (C=O) groups is 3. The maximum absolute atomic E-state index is 14.1. The molecule has 44 heavy (non-hydrogen) atoms. The summed E-state index contributed by atoms with van der Waals surface area (Å²) in [6.45, 7) is 11.9. The molecule has 1 fully saturated rings. The summed E-state index contributed by atoms with van der Waals surface area (Å²) in [5.41, 5.74) is 3.84. The molecule has 0 heterocycles. The second kappa shape index (κ2) is 14.2. The summed E-state index contributed by atoms with van der Waals surface area (Å²) in [5.74, 6) is -3.87. The van der Waals surface area contributed by atoms with Crippen molar-refractivity contribution in [3.05, 3.63) is 88.5 Å². The average Bonchev–Trinajstić information content (AvgIpc) is 2.96. The molecule has 4 atom stereocenters. The third-order valence-corrected chi connectivity index (χ3v) is 8.67. The zero-order chi connectivity index (χ0) is 32.0. The molecule has 4 unspecified atom stereocenters. The van der Waals surface area contributed by atoms with Crippen molar-refractivity contribution in [2.75, 3.05) is 17.2 Å². The van der Waals surface area contributed by atoms with Crippen LogP contribution in [0.3, 0.4) is 0 Å². The quantitative estimate of drug-likeness (QED) is 0.160. The molecule has 0 radical (unpaired) electrons. The first-order valence-electron chi connectivity index (χ1n) is 15.7. The summed E-state index contributed by atoms with van der Waals surface area (Å²) < 4.78 is 5.94. The number of amides is 2. The zero-order valence-electron chi connectivity index (χ0n) is 26.8. The minimum atomic E-state index is -1.69. The monoisotopic (exact) mass is 598 g/mol. The van der Waals surface area contributed by atoms with Crippen LogP contribution in [0.2, 0.25) is 0 Å². The number of unbranched alkanes of at least 4 members (excludes halogenated alkanes) is 3. The number of rotatable bonds is 11. The Morgan fingerprint density at radius 1 is 0.841 bits per heavy atom. The number of benzene rings is 3. The molecule has 3 aromatic carbocycles. The van der Waals surface area contributed by atoms with Crippen molar-refractivity contribution < 1.29 is 24.2 Å². The van der Waals surface area contributed by atoms with Gasteiger partial charge in [0.2, 0.25) is 11.8 Å². The van der Waals surface area contributed by atoms with Gasteiger partial charge in [-0.3, -0.25) is 14.4 Å². The summed E-state index contributed by atoms with van der Waals surface area (Å²) in [6, 6.07) is 18.7. The van der Waals surface area contributed by atoms with Gasteiger partial charge in [0.15, 0.2) is 0 Å². The van der Waals surface area contributed by atoms with Crippen LogP contribution in [0, 0.1) is 39.5 Å². The summed E-state index contributed by atoms with van der Waals surface area (Å²) in [5, 5.41) is 17.7. The maximum Gasteiger partial charge on any atom is 0.235 e. The van der Waals surface area contributed by atoms with Crippen molar-refractivity contribution >= 4 is 29.0 Å². The molecule has 7 heteroatoms. The van der Waals surface area contributed by atoms with Gasteiger partial charge in [-0.2, -0.15) is 0 Å². The van der Waals surface area contributed by atoms with E-state index in [0.717, 1.165) is 47.9 Å². The molecule has 2 amide bonds. The Hall–Kier alpha value is -3.97. The molecule has 234 valence electrons. The highest BCUT2D eigenvalue weighted by atomic mass is 16.5. The third kappa shape index (κ3) is 7.75. The summed E-state index contributed by atoms with van der Waals surface area (Å²) in [4.78, 5) is 41.8. The summed E-state index contributed by atoms with van der Waals surface area (Å²) in [7, 11) is 0. The van der Waals surface area contributed by atoms with Gasteiger partial charge in [-0.15, -0.1) is 0 Å². The van der Waals surface area contributed by atoms with E-state index in [9.17, 15) is 19.5 Å². The number of ketones is 1. The van der Waals surface area contributed by atoms with Gasteiger partial charge in [0.1, 0.15) is 17.5 Å². The van der Waals surface area contributed by atoms with E-state index < -0.39 is 41.0 Å². The van der Waals surface area contributed by atoms with Gasteiger partial charge in [-0.05, 0) is 93.1 Å². The number of anilines is 2. The molecule has 1 aliphatic rings. The fourth-order valence-electron chi connectivity index (χ4n) is 6.16. The Balaban J connectivity index is 1.72. The lowest BCUT2D eigenvalue weighted by atomic mass is 9.61. The Labute approximate surface area is 261 Å². The van der Waals surface area contributed by atoms with Crippen molar-refractivity contribution in [1.29, 1.82) is 0 Å². The van der Waals surface area contributed by atoms with Crippen molar-refractivity contribution in [1.82, 2.24) is 0 Å². The third-order valence-electron chi connectivity index (χ3n) is 8.67. The van der Waals surface area contributed by atoms with Crippen LogP contribution >= 0.6 is 0 Å². The Kier molecular flexibility index (Phi) is 10.6. The van der Waals surface area contributed by atoms with E-state index in [-0.39, 0.29) is 6.42 Å². The summed E-state index contributed by atoms with van der Waals surface area (Å²) in [6.07, 6.45) is 4.04.